The highest BCUT2D eigenvalue weighted by Gasteiger charge is 2.29. The summed E-state index contributed by atoms with van der Waals surface area (Å²) in [7, 11) is 0. The van der Waals surface area contributed by atoms with Gasteiger partial charge >= 0.3 is 0 Å². The number of carbonyl (C=O) groups is 2. The average Bonchev–Trinajstić information content (AvgIpc) is 3.57. The summed E-state index contributed by atoms with van der Waals surface area (Å²) >= 11 is 0. The van der Waals surface area contributed by atoms with Crippen molar-refractivity contribution in [1.29, 1.82) is 0 Å². The summed E-state index contributed by atoms with van der Waals surface area (Å²) in [6, 6.07) is 12.4. The standard InChI is InChI=1S/C37H48N4O4/c1-6-41(37(44)29-9-7-8-10-29)34-22-31(30-12-11-28(24(2)20-30)13-14-40-15-17-45-18-16-40)21-32(27(34)5)35(42)38-23-33-25(3)19-26(4)39-36(33)43/h11-12,19-22,29H,6-10,13-18,23H2,1-5H3,(H,38,42)(H,39,43). The van der Waals surface area contributed by atoms with Gasteiger partial charge in [0.2, 0.25) is 5.91 Å². The minimum Gasteiger partial charge on any atom is -0.379 e. The van der Waals surface area contributed by atoms with Gasteiger partial charge in [-0.15, -0.1) is 0 Å². The van der Waals surface area contributed by atoms with Crippen LogP contribution in [0.1, 0.15) is 76.5 Å². The van der Waals surface area contributed by atoms with Gasteiger partial charge < -0.3 is 19.9 Å². The molecule has 2 amide bonds. The molecule has 1 aromatic heterocycles. The molecule has 2 aliphatic rings. The summed E-state index contributed by atoms with van der Waals surface area (Å²) in [5.74, 6) is -0.106. The van der Waals surface area contributed by atoms with Gasteiger partial charge in [-0.05, 0) is 105 Å². The Morgan fingerprint density at radius 1 is 0.978 bits per heavy atom. The van der Waals surface area contributed by atoms with Crippen LogP contribution in [0.3, 0.4) is 0 Å². The first-order valence-corrected chi connectivity index (χ1v) is 16.5. The van der Waals surface area contributed by atoms with Crippen molar-refractivity contribution in [3.8, 4) is 11.1 Å². The van der Waals surface area contributed by atoms with E-state index in [2.05, 4.69) is 46.4 Å². The molecule has 2 fully saturated rings. The number of H-pyrrole nitrogens is 1. The summed E-state index contributed by atoms with van der Waals surface area (Å²) in [6.07, 6.45) is 4.95. The van der Waals surface area contributed by atoms with E-state index in [0.717, 1.165) is 98.6 Å². The highest BCUT2D eigenvalue weighted by molar-refractivity contribution is 6.02. The van der Waals surface area contributed by atoms with E-state index < -0.39 is 0 Å². The largest absolute Gasteiger partial charge is 0.379 e. The van der Waals surface area contributed by atoms with Crippen LogP contribution in [0, 0.1) is 33.6 Å². The quantitative estimate of drug-likeness (QED) is 0.310. The Kier molecular flexibility index (Phi) is 10.6. The van der Waals surface area contributed by atoms with E-state index in [1.807, 2.05) is 44.7 Å². The van der Waals surface area contributed by atoms with Gasteiger partial charge in [0.25, 0.3) is 11.5 Å². The molecule has 8 nitrogen and oxygen atoms in total. The lowest BCUT2D eigenvalue weighted by atomic mass is 9.93. The van der Waals surface area contributed by atoms with Gasteiger partial charge in [0, 0.05) is 61.1 Å². The highest BCUT2D eigenvalue weighted by atomic mass is 16.5. The number of hydrogen-bond acceptors (Lipinski definition) is 5. The SMILES string of the molecule is CCN(C(=O)C1CCCC1)c1cc(-c2ccc(CCN3CCOCC3)c(C)c2)cc(C(=O)NCc2c(C)cc(C)[nH]c2=O)c1C. The van der Waals surface area contributed by atoms with Gasteiger partial charge in [0.1, 0.15) is 0 Å². The number of ether oxygens (including phenoxy) is 1. The number of aromatic amines is 1. The number of morpholine rings is 1. The summed E-state index contributed by atoms with van der Waals surface area (Å²) in [5, 5.41) is 3.00. The molecule has 8 heteroatoms. The molecule has 45 heavy (non-hydrogen) atoms. The average molecular weight is 613 g/mol. The van der Waals surface area contributed by atoms with Crippen LogP contribution in [0.5, 0.6) is 0 Å². The fourth-order valence-corrected chi connectivity index (χ4v) is 6.84. The molecular formula is C37H48N4O4. The number of pyridine rings is 1. The lowest BCUT2D eigenvalue weighted by molar-refractivity contribution is -0.122. The Balaban J connectivity index is 1.48. The number of aromatic nitrogens is 1. The normalized spacial score (nSPS) is 15.8. The molecule has 2 N–H and O–H groups in total. The van der Waals surface area contributed by atoms with Crippen molar-refractivity contribution in [2.24, 2.45) is 5.92 Å². The topological polar surface area (TPSA) is 94.7 Å². The third-order valence-electron chi connectivity index (χ3n) is 9.60. The highest BCUT2D eigenvalue weighted by Crippen LogP contribution is 2.35. The molecule has 1 aliphatic carbocycles. The molecule has 3 aromatic rings. The third-order valence-corrected chi connectivity index (χ3v) is 9.60. The lowest BCUT2D eigenvalue weighted by Crippen LogP contribution is -2.37. The van der Waals surface area contributed by atoms with E-state index in [1.54, 1.807) is 0 Å². The molecule has 2 heterocycles. The second-order valence-corrected chi connectivity index (χ2v) is 12.7. The molecule has 240 valence electrons. The maximum absolute atomic E-state index is 13.8. The number of hydrogen-bond donors (Lipinski definition) is 2. The summed E-state index contributed by atoms with van der Waals surface area (Å²) in [5.41, 5.74) is 8.43. The number of anilines is 1. The number of benzene rings is 2. The Bertz CT molecular complexity index is 1600. The molecule has 2 aromatic carbocycles. The van der Waals surface area contributed by atoms with Crippen molar-refractivity contribution in [3.63, 3.8) is 0 Å². The Morgan fingerprint density at radius 2 is 1.71 bits per heavy atom. The van der Waals surface area contributed by atoms with E-state index in [-0.39, 0.29) is 29.8 Å². The predicted octanol–water partition coefficient (Wildman–Crippen LogP) is 5.62. The molecule has 1 aliphatic heterocycles. The minimum atomic E-state index is -0.266. The fraction of sp³-hybridized carbons (Fsp3) is 0.486. The smallest absolute Gasteiger partial charge is 0.253 e. The Morgan fingerprint density at radius 3 is 2.38 bits per heavy atom. The zero-order chi connectivity index (χ0) is 32.1. The number of aryl methyl sites for hydroxylation is 3. The monoisotopic (exact) mass is 612 g/mol. The van der Waals surface area contributed by atoms with Crippen LogP contribution in [-0.2, 0) is 22.5 Å². The Hall–Kier alpha value is -3.75. The second-order valence-electron chi connectivity index (χ2n) is 12.7. The predicted molar refractivity (Wildman–Crippen MR) is 180 cm³/mol. The van der Waals surface area contributed by atoms with Crippen LogP contribution in [-0.4, -0.2) is 61.1 Å². The maximum Gasteiger partial charge on any atom is 0.253 e. The zero-order valence-electron chi connectivity index (χ0n) is 27.6. The fourth-order valence-electron chi connectivity index (χ4n) is 6.84. The molecule has 0 radical (unpaired) electrons. The lowest BCUT2D eigenvalue weighted by Gasteiger charge is -2.28. The summed E-state index contributed by atoms with van der Waals surface area (Å²) in [4.78, 5) is 47.3. The third kappa shape index (κ3) is 7.56. The number of rotatable bonds is 10. The minimum absolute atomic E-state index is 0.0227. The van der Waals surface area contributed by atoms with Crippen LogP contribution in [0.15, 0.2) is 41.2 Å². The molecular weight excluding hydrogens is 564 g/mol. The van der Waals surface area contributed by atoms with Crippen molar-refractivity contribution in [2.75, 3.05) is 44.3 Å². The summed E-state index contributed by atoms with van der Waals surface area (Å²) in [6.45, 7) is 15.0. The molecule has 1 saturated carbocycles. The number of nitrogens with zero attached hydrogens (tertiary/aromatic N) is 2. The molecule has 0 atom stereocenters. The number of amides is 2. The van der Waals surface area contributed by atoms with Crippen LogP contribution < -0.4 is 15.8 Å². The van der Waals surface area contributed by atoms with Crippen molar-refractivity contribution >= 4 is 17.5 Å². The van der Waals surface area contributed by atoms with Crippen molar-refractivity contribution in [2.45, 2.75) is 73.3 Å². The molecule has 0 spiro atoms. The van der Waals surface area contributed by atoms with Gasteiger partial charge in [0.05, 0.1) is 13.2 Å². The number of nitrogens with one attached hydrogen (secondary N) is 2. The van der Waals surface area contributed by atoms with E-state index >= 15 is 0 Å². The van der Waals surface area contributed by atoms with Gasteiger partial charge in [0.15, 0.2) is 0 Å². The van der Waals surface area contributed by atoms with Crippen LogP contribution >= 0.6 is 0 Å². The van der Waals surface area contributed by atoms with Crippen molar-refractivity contribution in [3.05, 3.63) is 85.8 Å². The maximum atomic E-state index is 13.8. The van der Waals surface area contributed by atoms with Gasteiger partial charge in [-0.25, -0.2) is 0 Å². The first-order valence-electron chi connectivity index (χ1n) is 16.5. The van der Waals surface area contributed by atoms with Gasteiger partial charge in [-0.2, -0.15) is 0 Å². The number of carbonyl (C=O) groups excluding carboxylic acids is 2. The van der Waals surface area contributed by atoms with E-state index in [1.165, 1.54) is 11.1 Å². The van der Waals surface area contributed by atoms with Crippen LogP contribution in [0.2, 0.25) is 0 Å². The van der Waals surface area contributed by atoms with Crippen molar-refractivity contribution < 1.29 is 14.3 Å². The zero-order valence-corrected chi connectivity index (χ0v) is 27.6. The van der Waals surface area contributed by atoms with Crippen LogP contribution in [0.25, 0.3) is 11.1 Å². The molecule has 0 unspecified atom stereocenters. The van der Waals surface area contributed by atoms with Gasteiger partial charge in [-0.3, -0.25) is 19.3 Å². The first-order chi connectivity index (χ1) is 21.7. The molecule has 5 rings (SSSR count). The van der Waals surface area contributed by atoms with E-state index in [9.17, 15) is 14.4 Å². The van der Waals surface area contributed by atoms with Gasteiger partial charge in [-0.1, -0.05) is 31.0 Å². The van der Waals surface area contributed by atoms with Crippen molar-refractivity contribution in [1.82, 2.24) is 15.2 Å². The van der Waals surface area contributed by atoms with Crippen LogP contribution in [0.4, 0.5) is 5.69 Å². The summed E-state index contributed by atoms with van der Waals surface area (Å²) < 4.78 is 5.50. The second kappa shape index (κ2) is 14.6. The van der Waals surface area contributed by atoms with E-state index in [4.69, 9.17) is 4.74 Å². The molecule has 1 saturated heterocycles. The first kappa shape index (κ1) is 32.6. The Labute approximate surface area is 267 Å². The molecule has 0 bridgehead atoms. The van der Waals surface area contributed by atoms with E-state index in [0.29, 0.717) is 17.7 Å².